The van der Waals surface area contributed by atoms with Crippen LogP contribution in [-0.2, 0) is 11.2 Å². The van der Waals surface area contributed by atoms with Crippen LogP contribution >= 0.6 is 0 Å². The molecule has 0 amide bonds. The van der Waals surface area contributed by atoms with Crippen LogP contribution in [0.15, 0.2) is 36.5 Å². The molecule has 2 aromatic rings. The van der Waals surface area contributed by atoms with Gasteiger partial charge >= 0.3 is 5.97 Å². The summed E-state index contributed by atoms with van der Waals surface area (Å²) in [5.41, 5.74) is 2.99. The predicted octanol–water partition coefficient (Wildman–Crippen LogP) is 2.09. The lowest BCUT2D eigenvalue weighted by Crippen LogP contribution is -1.97. The van der Waals surface area contributed by atoms with E-state index in [4.69, 9.17) is 5.11 Å². The van der Waals surface area contributed by atoms with Gasteiger partial charge in [0, 0.05) is 12.6 Å². The second-order valence-corrected chi connectivity index (χ2v) is 3.56. The molecule has 0 atom stereocenters. The first kappa shape index (κ1) is 10.4. The molecule has 0 aliphatic carbocycles. The van der Waals surface area contributed by atoms with Crippen molar-refractivity contribution in [3.8, 4) is 11.3 Å². The molecule has 82 valence electrons. The summed E-state index contributed by atoms with van der Waals surface area (Å²) in [6, 6.07) is 9.70. The maximum Gasteiger partial charge on any atom is 0.303 e. The lowest BCUT2D eigenvalue weighted by atomic mass is 10.0. The third kappa shape index (κ3) is 2.48. The first-order valence-electron chi connectivity index (χ1n) is 5.06. The third-order valence-corrected chi connectivity index (χ3v) is 2.37. The Morgan fingerprint density at radius 1 is 1.38 bits per heavy atom. The highest BCUT2D eigenvalue weighted by Crippen LogP contribution is 2.18. The molecular weight excluding hydrogens is 204 g/mol. The quantitative estimate of drug-likeness (QED) is 0.822. The molecule has 4 nitrogen and oxygen atoms in total. The Hall–Kier alpha value is -2.10. The van der Waals surface area contributed by atoms with Crippen LogP contribution in [0.3, 0.4) is 0 Å². The number of nitrogens with zero attached hydrogens (tertiary/aromatic N) is 1. The topological polar surface area (TPSA) is 66.0 Å². The zero-order valence-corrected chi connectivity index (χ0v) is 8.68. The van der Waals surface area contributed by atoms with Gasteiger partial charge in [-0.2, -0.15) is 5.10 Å². The Kier molecular flexibility index (Phi) is 3.00. The molecular formula is C12H12N2O2. The largest absolute Gasteiger partial charge is 0.481 e. The summed E-state index contributed by atoms with van der Waals surface area (Å²) in [4.78, 5) is 10.5. The van der Waals surface area contributed by atoms with Gasteiger partial charge in [0.1, 0.15) is 0 Å². The molecule has 16 heavy (non-hydrogen) atoms. The van der Waals surface area contributed by atoms with Crippen LogP contribution in [0.25, 0.3) is 11.3 Å². The smallest absolute Gasteiger partial charge is 0.303 e. The van der Waals surface area contributed by atoms with E-state index in [0.717, 1.165) is 16.8 Å². The van der Waals surface area contributed by atoms with E-state index < -0.39 is 5.97 Å². The normalized spacial score (nSPS) is 10.2. The maximum absolute atomic E-state index is 10.5. The van der Waals surface area contributed by atoms with Gasteiger partial charge in [-0.05, 0) is 29.7 Å². The first-order valence-corrected chi connectivity index (χ1v) is 5.06. The van der Waals surface area contributed by atoms with Gasteiger partial charge in [-0.1, -0.05) is 18.2 Å². The molecule has 0 aliphatic rings. The lowest BCUT2D eigenvalue weighted by molar-refractivity contribution is -0.136. The Balaban J connectivity index is 2.17. The maximum atomic E-state index is 10.5. The third-order valence-electron chi connectivity index (χ3n) is 2.37. The van der Waals surface area contributed by atoms with Crippen molar-refractivity contribution in [2.24, 2.45) is 0 Å². The van der Waals surface area contributed by atoms with Gasteiger partial charge in [0.2, 0.25) is 0 Å². The zero-order valence-electron chi connectivity index (χ0n) is 8.68. The predicted molar refractivity (Wildman–Crippen MR) is 60.0 cm³/mol. The molecule has 1 heterocycles. The number of carbonyl (C=O) groups is 1. The van der Waals surface area contributed by atoms with Crippen LogP contribution in [0, 0.1) is 0 Å². The molecule has 0 spiro atoms. The summed E-state index contributed by atoms with van der Waals surface area (Å²) in [5, 5.41) is 15.4. The fourth-order valence-electron chi connectivity index (χ4n) is 1.56. The van der Waals surface area contributed by atoms with Crippen LogP contribution in [-0.4, -0.2) is 21.3 Å². The Bertz CT molecular complexity index is 478. The van der Waals surface area contributed by atoms with Crippen LogP contribution in [0.5, 0.6) is 0 Å². The van der Waals surface area contributed by atoms with Crippen molar-refractivity contribution < 1.29 is 9.90 Å². The minimum absolute atomic E-state index is 0.159. The standard InChI is InChI=1S/C12H12N2O2/c15-12(16)5-4-9-2-1-3-10(8-9)11-6-7-13-14-11/h1-3,6-8H,4-5H2,(H,13,14)(H,15,16). The average molecular weight is 216 g/mol. The van der Waals surface area contributed by atoms with Crippen molar-refractivity contribution >= 4 is 5.97 Å². The van der Waals surface area contributed by atoms with Gasteiger partial charge in [0.05, 0.1) is 5.69 Å². The molecule has 1 aromatic carbocycles. The van der Waals surface area contributed by atoms with E-state index in [9.17, 15) is 4.79 Å². The van der Waals surface area contributed by atoms with Crippen molar-refractivity contribution in [1.29, 1.82) is 0 Å². The van der Waals surface area contributed by atoms with E-state index in [1.54, 1.807) is 6.20 Å². The number of nitrogens with one attached hydrogen (secondary N) is 1. The lowest BCUT2D eigenvalue weighted by Gasteiger charge is -2.02. The molecule has 0 radical (unpaired) electrons. The Labute approximate surface area is 92.9 Å². The molecule has 0 aliphatic heterocycles. The summed E-state index contributed by atoms with van der Waals surface area (Å²) in [6.45, 7) is 0. The number of aromatic amines is 1. The number of carboxylic acid groups (broad SMARTS) is 1. The van der Waals surface area contributed by atoms with Crippen LogP contribution < -0.4 is 0 Å². The number of aromatic nitrogens is 2. The molecule has 2 rings (SSSR count). The van der Waals surface area contributed by atoms with Gasteiger partial charge < -0.3 is 5.11 Å². The minimum atomic E-state index is -0.771. The fourth-order valence-corrected chi connectivity index (χ4v) is 1.56. The fraction of sp³-hybridized carbons (Fsp3) is 0.167. The summed E-state index contributed by atoms with van der Waals surface area (Å²) in [5.74, 6) is -0.771. The van der Waals surface area contributed by atoms with E-state index in [0.29, 0.717) is 6.42 Å². The SMILES string of the molecule is O=C(O)CCc1cccc(-c2ccn[nH]2)c1. The number of benzene rings is 1. The monoisotopic (exact) mass is 216 g/mol. The number of carboxylic acids is 1. The molecule has 0 fully saturated rings. The van der Waals surface area contributed by atoms with Gasteiger partial charge in [-0.15, -0.1) is 0 Å². The average Bonchev–Trinajstić information content (AvgIpc) is 2.80. The molecule has 0 saturated carbocycles. The van der Waals surface area contributed by atoms with Gasteiger partial charge in [0.15, 0.2) is 0 Å². The van der Waals surface area contributed by atoms with Crippen molar-refractivity contribution in [1.82, 2.24) is 10.2 Å². The molecule has 0 unspecified atom stereocenters. The molecule has 0 saturated heterocycles. The van der Waals surface area contributed by atoms with E-state index in [-0.39, 0.29) is 6.42 Å². The van der Waals surface area contributed by atoms with E-state index in [1.807, 2.05) is 30.3 Å². The number of hydrogen-bond acceptors (Lipinski definition) is 2. The van der Waals surface area contributed by atoms with Gasteiger partial charge in [-0.3, -0.25) is 9.89 Å². The van der Waals surface area contributed by atoms with Crippen molar-refractivity contribution in [3.63, 3.8) is 0 Å². The van der Waals surface area contributed by atoms with E-state index >= 15 is 0 Å². The van der Waals surface area contributed by atoms with Gasteiger partial charge in [-0.25, -0.2) is 0 Å². The summed E-state index contributed by atoms with van der Waals surface area (Å²) >= 11 is 0. The van der Waals surface area contributed by atoms with Crippen LogP contribution in [0.4, 0.5) is 0 Å². The summed E-state index contributed by atoms with van der Waals surface area (Å²) in [7, 11) is 0. The number of rotatable bonds is 4. The molecule has 0 bridgehead atoms. The highest BCUT2D eigenvalue weighted by atomic mass is 16.4. The van der Waals surface area contributed by atoms with Crippen molar-refractivity contribution in [3.05, 3.63) is 42.1 Å². The van der Waals surface area contributed by atoms with E-state index in [2.05, 4.69) is 10.2 Å². The summed E-state index contributed by atoms with van der Waals surface area (Å²) < 4.78 is 0. The van der Waals surface area contributed by atoms with Crippen LogP contribution in [0.1, 0.15) is 12.0 Å². The number of aliphatic carboxylic acids is 1. The van der Waals surface area contributed by atoms with E-state index in [1.165, 1.54) is 0 Å². The highest BCUT2D eigenvalue weighted by molar-refractivity contribution is 5.67. The minimum Gasteiger partial charge on any atom is -0.481 e. The van der Waals surface area contributed by atoms with Crippen molar-refractivity contribution in [2.45, 2.75) is 12.8 Å². The molecule has 2 N–H and O–H groups in total. The van der Waals surface area contributed by atoms with Crippen molar-refractivity contribution in [2.75, 3.05) is 0 Å². The number of aryl methyl sites for hydroxylation is 1. The second kappa shape index (κ2) is 4.61. The summed E-state index contributed by atoms with van der Waals surface area (Å²) in [6.07, 6.45) is 2.41. The molecule has 1 aromatic heterocycles. The number of hydrogen-bond donors (Lipinski definition) is 2. The van der Waals surface area contributed by atoms with Gasteiger partial charge in [0.25, 0.3) is 0 Å². The Morgan fingerprint density at radius 3 is 2.94 bits per heavy atom. The second-order valence-electron chi connectivity index (χ2n) is 3.56. The number of H-pyrrole nitrogens is 1. The Morgan fingerprint density at radius 2 is 2.25 bits per heavy atom. The zero-order chi connectivity index (χ0) is 11.4. The van der Waals surface area contributed by atoms with Crippen LogP contribution in [0.2, 0.25) is 0 Å². The highest BCUT2D eigenvalue weighted by Gasteiger charge is 2.02. The first-order chi connectivity index (χ1) is 7.75. The molecule has 4 heteroatoms.